The molecule has 17 heavy (non-hydrogen) atoms. The third-order valence-electron chi connectivity index (χ3n) is 1.12. The zero-order valence-corrected chi connectivity index (χ0v) is 14.0. The van der Waals surface area contributed by atoms with Gasteiger partial charge in [0.15, 0.2) is 0 Å². The van der Waals surface area contributed by atoms with Gasteiger partial charge in [-0.15, -0.1) is 0 Å². The van der Waals surface area contributed by atoms with Crippen molar-refractivity contribution in [3.8, 4) is 5.75 Å². The van der Waals surface area contributed by atoms with E-state index in [2.05, 4.69) is 0 Å². The van der Waals surface area contributed by atoms with E-state index in [1.54, 1.807) is 0 Å². The van der Waals surface area contributed by atoms with Gasteiger partial charge in [0.2, 0.25) is 10.4 Å². The van der Waals surface area contributed by atoms with Crippen LogP contribution >= 0.6 is 0 Å². The van der Waals surface area contributed by atoms with Crippen LogP contribution in [-0.2, 0) is 10.4 Å². The van der Waals surface area contributed by atoms with Crippen LogP contribution in [0.4, 0.5) is 0 Å². The maximum absolute atomic E-state index is 10.7. The summed E-state index contributed by atoms with van der Waals surface area (Å²) < 4.78 is 32.8. The van der Waals surface area contributed by atoms with E-state index in [4.69, 9.17) is 22.6 Å². The minimum atomic E-state index is -4.92. The van der Waals surface area contributed by atoms with Crippen LogP contribution < -0.4 is 64.2 Å². The van der Waals surface area contributed by atoms with Gasteiger partial charge in [0.25, 0.3) is 0 Å². The molecule has 1 rings (SSSR count). The second-order valence-corrected chi connectivity index (χ2v) is 3.08. The summed E-state index contributed by atoms with van der Waals surface area (Å²) in [6.07, 6.45) is 0. The van der Waals surface area contributed by atoms with Crippen molar-refractivity contribution in [1.29, 1.82) is 0 Å². The summed E-state index contributed by atoms with van der Waals surface area (Å²) in [7, 11) is -4.92. The van der Waals surface area contributed by atoms with Crippen molar-refractivity contribution in [2.75, 3.05) is 0 Å². The van der Waals surface area contributed by atoms with Crippen molar-refractivity contribution >= 4 is 16.4 Å². The Morgan fingerprint density at radius 2 is 1.53 bits per heavy atom. The Balaban J connectivity index is -0.000000247. The van der Waals surface area contributed by atoms with Crippen LogP contribution in [0.25, 0.3) is 0 Å². The number of carboxylic acid groups (broad SMARTS) is 1. The van der Waals surface area contributed by atoms with Crippen molar-refractivity contribution in [3.05, 3.63) is 29.8 Å². The van der Waals surface area contributed by atoms with E-state index in [1.807, 2.05) is 0 Å². The van der Waals surface area contributed by atoms with E-state index in [9.17, 15) is 9.90 Å². The van der Waals surface area contributed by atoms with Gasteiger partial charge in [-0.1, -0.05) is 23.9 Å². The molecular weight excluding hydrogens is 274 g/mol. The molecule has 2 N–H and O–H groups in total. The largest absolute Gasteiger partial charge is 1.00 e. The van der Waals surface area contributed by atoms with Crippen LogP contribution in [0.3, 0.4) is 0 Å². The van der Waals surface area contributed by atoms with E-state index in [1.165, 1.54) is 24.3 Å². The normalized spacial score (nSPS) is 8.82. The van der Waals surface area contributed by atoms with E-state index in [0.29, 0.717) is 0 Å². The molecule has 0 aliphatic carbocycles. The first-order valence-electron chi connectivity index (χ1n) is 3.39. The minimum Gasteiger partial charge on any atom is -0.872 e. The van der Waals surface area contributed by atoms with Crippen molar-refractivity contribution in [2.24, 2.45) is 0 Å². The summed E-state index contributed by atoms with van der Waals surface area (Å²) in [6, 6.07) is 5.54. The van der Waals surface area contributed by atoms with Gasteiger partial charge in [-0.05, 0) is 6.07 Å². The Kier molecular flexibility index (Phi) is 13.6. The molecule has 0 spiro atoms. The number of hydrogen-bond donors (Lipinski definition) is 2. The zero-order chi connectivity index (χ0) is 12.1. The minimum absolute atomic E-state index is 0. The SMILES string of the molecule is O=C(O)c1ccccc1[O-].O=S(=O)([O-])O.[Na+].[Na+]. The van der Waals surface area contributed by atoms with E-state index < -0.39 is 22.1 Å². The van der Waals surface area contributed by atoms with Crippen LogP contribution in [-0.4, -0.2) is 28.6 Å². The second-order valence-electron chi connectivity index (χ2n) is 2.23. The van der Waals surface area contributed by atoms with Gasteiger partial charge in [0.1, 0.15) is 0 Å². The first kappa shape index (κ1) is 22.5. The number of carbonyl (C=O) groups is 1. The van der Waals surface area contributed by atoms with Crippen molar-refractivity contribution in [2.45, 2.75) is 0 Å². The van der Waals surface area contributed by atoms with E-state index in [-0.39, 0.29) is 64.7 Å². The summed E-state index contributed by atoms with van der Waals surface area (Å²) >= 11 is 0. The third kappa shape index (κ3) is 14.3. The quantitative estimate of drug-likeness (QED) is 0.296. The molecule has 0 heterocycles. The molecule has 0 atom stereocenters. The molecule has 0 saturated carbocycles. The standard InChI is InChI=1S/C7H6O3.2Na.H2O4S/c8-6-4-2-1-3-5(6)7(9)10;;;1-5(2,3)4/h1-4,8H,(H,9,10);;;(H2,1,2,3,4)/q;2*+1;/p-2. The van der Waals surface area contributed by atoms with Gasteiger partial charge in [-0.25, -0.2) is 13.2 Å². The molecule has 0 bridgehead atoms. The Morgan fingerprint density at radius 1 is 1.18 bits per heavy atom. The average molecular weight is 280 g/mol. The maximum atomic E-state index is 10.7. The topological polar surface area (TPSA) is 138 Å². The molecule has 0 radical (unpaired) electrons. The number of para-hydroxylation sites is 1. The smallest absolute Gasteiger partial charge is 0.872 e. The number of benzene rings is 1. The van der Waals surface area contributed by atoms with Gasteiger partial charge in [-0.2, -0.15) is 0 Å². The van der Waals surface area contributed by atoms with Crippen molar-refractivity contribution < 1.29 is 91.6 Å². The number of aromatic carboxylic acids is 1. The Hall–Kier alpha value is 0.360. The summed E-state index contributed by atoms with van der Waals surface area (Å²) in [4.78, 5) is 10.2. The van der Waals surface area contributed by atoms with Crippen LogP contribution in [0, 0.1) is 0 Å². The molecule has 0 saturated heterocycles. The molecule has 0 aliphatic heterocycles. The Labute approximate surface area is 142 Å². The molecule has 0 fully saturated rings. The first-order chi connectivity index (χ1) is 6.72. The fourth-order valence-corrected chi connectivity index (χ4v) is 0.643. The van der Waals surface area contributed by atoms with Crippen molar-refractivity contribution in [3.63, 3.8) is 0 Å². The van der Waals surface area contributed by atoms with Gasteiger partial charge in [0.05, 0.1) is 5.56 Å². The molecule has 0 unspecified atom stereocenters. The van der Waals surface area contributed by atoms with Crippen LogP contribution in [0.15, 0.2) is 24.3 Å². The number of hydrogen-bond acceptors (Lipinski definition) is 5. The first-order valence-corrected chi connectivity index (χ1v) is 4.76. The van der Waals surface area contributed by atoms with Gasteiger partial charge in [0, 0.05) is 0 Å². The van der Waals surface area contributed by atoms with E-state index >= 15 is 0 Å². The molecule has 0 amide bonds. The Morgan fingerprint density at radius 3 is 1.76 bits per heavy atom. The molecule has 0 aliphatic rings. The van der Waals surface area contributed by atoms with Crippen molar-refractivity contribution in [1.82, 2.24) is 0 Å². The summed E-state index contributed by atoms with van der Waals surface area (Å²) in [5.74, 6) is -1.62. The molecule has 10 heteroatoms. The molecule has 7 nitrogen and oxygen atoms in total. The predicted molar refractivity (Wildman–Crippen MR) is 45.2 cm³/mol. The van der Waals surface area contributed by atoms with Gasteiger partial charge >= 0.3 is 65.1 Å². The van der Waals surface area contributed by atoms with Gasteiger partial charge in [-0.3, -0.25) is 4.55 Å². The van der Waals surface area contributed by atoms with Crippen LogP contribution in [0.2, 0.25) is 0 Å². The molecule has 1 aromatic carbocycles. The molecule has 84 valence electrons. The fourth-order valence-electron chi connectivity index (χ4n) is 0.643. The second kappa shape index (κ2) is 10.3. The van der Waals surface area contributed by atoms with Crippen LogP contribution in [0.1, 0.15) is 10.4 Å². The summed E-state index contributed by atoms with van der Waals surface area (Å²) in [5.41, 5.74) is -0.178. The molecule has 0 aromatic heterocycles. The van der Waals surface area contributed by atoms with Crippen LogP contribution in [0.5, 0.6) is 5.75 Å². The summed E-state index contributed by atoms with van der Waals surface area (Å²) in [6.45, 7) is 0. The molecule has 1 aromatic rings. The number of rotatable bonds is 1. The van der Waals surface area contributed by atoms with E-state index in [0.717, 1.165) is 0 Å². The monoisotopic (exact) mass is 280 g/mol. The fraction of sp³-hybridized carbons (Fsp3) is 0. The third-order valence-corrected chi connectivity index (χ3v) is 1.12. The van der Waals surface area contributed by atoms with Gasteiger partial charge < -0.3 is 14.8 Å². The average Bonchev–Trinajstić information content (AvgIpc) is 2.01. The maximum Gasteiger partial charge on any atom is 1.00 e. The Bertz CT molecular complexity index is 437. The molecular formula is C7H6Na2O7S. The number of carboxylic acids is 1. The predicted octanol–water partition coefficient (Wildman–Crippen LogP) is -6.53. The zero-order valence-electron chi connectivity index (χ0n) is 9.15. The summed E-state index contributed by atoms with van der Waals surface area (Å²) in [5, 5.41) is 19.0.